The number of esters is 1. The lowest BCUT2D eigenvalue weighted by atomic mass is 10.2. The van der Waals surface area contributed by atoms with Crippen LogP contribution >= 0.6 is 34.3 Å². The number of ether oxygens (including phenoxy) is 1. The maximum Gasteiger partial charge on any atom is 0.329 e. The zero-order valence-corrected chi connectivity index (χ0v) is 16.7. The van der Waals surface area contributed by atoms with Gasteiger partial charge >= 0.3 is 5.97 Å². The van der Waals surface area contributed by atoms with Crippen molar-refractivity contribution in [3.05, 3.63) is 50.4 Å². The Morgan fingerprint density at radius 3 is 2.62 bits per heavy atom. The van der Waals surface area contributed by atoms with Crippen LogP contribution in [0.2, 0.25) is 4.34 Å². The smallest absolute Gasteiger partial charge is 0.329 e. The second-order valence-electron chi connectivity index (χ2n) is 5.42. The Morgan fingerprint density at radius 1 is 1.19 bits per heavy atom. The number of hydrogen-bond donors (Lipinski definition) is 0. The van der Waals surface area contributed by atoms with Crippen LogP contribution in [0.25, 0.3) is 10.2 Å². The van der Waals surface area contributed by atoms with Crippen molar-refractivity contribution < 1.29 is 14.3 Å². The van der Waals surface area contributed by atoms with E-state index in [4.69, 9.17) is 16.3 Å². The molecule has 0 N–H and O–H groups in total. The van der Waals surface area contributed by atoms with E-state index >= 15 is 0 Å². The summed E-state index contributed by atoms with van der Waals surface area (Å²) in [6.07, 6.45) is 0.534. The predicted molar refractivity (Wildman–Crippen MR) is 105 cm³/mol. The van der Waals surface area contributed by atoms with Gasteiger partial charge < -0.3 is 9.30 Å². The summed E-state index contributed by atoms with van der Waals surface area (Å²) in [5.74, 6) is -0.701. The fourth-order valence-electron chi connectivity index (χ4n) is 2.64. The number of rotatable bonds is 5. The lowest BCUT2D eigenvalue weighted by molar-refractivity contribution is -0.147. The number of amides is 1. The summed E-state index contributed by atoms with van der Waals surface area (Å²) in [7, 11) is 0. The molecule has 1 aromatic carbocycles. The van der Waals surface area contributed by atoms with E-state index < -0.39 is 6.04 Å². The highest BCUT2D eigenvalue weighted by Crippen LogP contribution is 2.25. The summed E-state index contributed by atoms with van der Waals surface area (Å²) in [6, 6.07) is 10.5. The Balaban J connectivity index is 2.17. The minimum Gasteiger partial charge on any atom is -0.464 e. The number of carbonyl (C=O) groups is 2. The lowest BCUT2D eigenvalue weighted by Crippen LogP contribution is -2.29. The van der Waals surface area contributed by atoms with E-state index in [9.17, 15) is 9.59 Å². The van der Waals surface area contributed by atoms with Crippen molar-refractivity contribution >= 4 is 56.4 Å². The molecule has 1 amide bonds. The standard InChI is InChI=1S/C18H17ClN2O3S2/c1-3-11(17(23)24-4-2)21-12-7-5-6-8-13(12)26-18(21)20-16(22)14-9-10-15(19)25-14/h5-11H,3-4H2,1-2H3. The van der Waals surface area contributed by atoms with E-state index in [-0.39, 0.29) is 11.9 Å². The Morgan fingerprint density at radius 2 is 1.96 bits per heavy atom. The SMILES string of the molecule is CCOC(=O)C(CC)n1c(=NC(=O)c2ccc(Cl)s2)sc2ccccc21. The summed E-state index contributed by atoms with van der Waals surface area (Å²) in [5, 5.41) is 0. The minimum atomic E-state index is -0.537. The average Bonchev–Trinajstić information content (AvgIpc) is 3.20. The Bertz CT molecular complexity index is 1020. The lowest BCUT2D eigenvalue weighted by Gasteiger charge is -2.16. The third-order valence-corrected chi connectivity index (χ3v) is 6.03. The van der Waals surface area contributed by atoms with Gasteiger partial charge in [0.25, 0.3) is 5.91 Å². The number of benzene rings is 1. The summed E-state index contributed by atoms with van der Waals surface area (Å²) >= 11 is 8.47. The van der Waals surface area contributed by atoms with Gasteiger partial charge in [0.1, 0.15) is 6.04 Å². The number of fused-ring (bicyclic) bond motifs is 1. The van der Waals surface area contributed by atoms with Crippen molar-refractivity contribution in [3.8, 4) is 0 Å². The normalized spacial score (nSPS) is 13.1. The number of carbonyl (C=O) groups excluding carboxylic acids is 2. The van der Waals surface area contributed by atoms with Gasteiger partial charge in [-0.2, -0.15) is 4.99 Å². The molecule has 0 radical (unpaired) electrons. The first kappa shape index (κ1) is 18.8. The molecule has 0 aliphatic carbocycles. The molecule has 2 heterocycles. The third-order valence-electron chi connectivity index (χ3n) is 3.77. The molecular weight excluding hydrogens is 392 g/mol. The van der Waals surface area contributed by atoms with Crippen LogP contribution in [0.1, 0.15) is 36.0 Å². The predicted octanol–water partition coefficient (Wildman–Crippen LogP) is 4.67. The molecule has 3 aromatic rings. The first-order chi connectivity index (χ1) is 12.5. The number of nitrogens with zero attached hydrogens (tertiary/aromatic N) is 2. The van der Waals surface area contributed by atoms with Crippen molar-refractivity contribution in [3.63, 3.8) is 0 Å². The van der Waals surface area contributed by atoms with E-state index in [1.807, 2.05) is 31.2 Å². The summed E-state index contributed by atoms with van der Waals surface area (Å²) < 4.78 is 8.50. The molecular formula is C18H17ClN2O3S2. The molecule has 1 atom stereocenters. The van der Waals surface area contributed by atoms with Crippen LogP contribution < -0.4 is 4.80 Å². The minimum absolute atomic E-state index is 0.303. The maximum atomic E-state index is 12.5. The topological polar surface area (TPSA) is 60.7 Å². The van der Waals surface area contributed by atoms with Gasteiger partial charge in [0.15, 0.2) is 4.80 Å². The molecule has 26 heavy (non-hydrogen) atoms. The van der Waals surface area contributed by atoms with Crippen LogP contribution in [0, 0.1) is 0 Å². The van der Waals surface area contributed by atoms with Gasteiger partial charge in [-0.3, -0.25) is 4.79 Å². The first-order valence-corrected chi connectivity index (χ1v) is 10.2. The highest BCUT2D eigenvalue weighted by molar-refractivity contribution is 7.18. The zero-order chi connectivity index (χ0) is 18.7. The third kappa shape index (κ3) is 3.75. The monoisotopic (exact) mass is 408 g/mol. The number of halogens is 1. The number of para-hydroxylation sites is 1. The van der Waals surface area contributed by atoms with E-state index in [0.29, 0.717) is 27.0 Å². The summed E-state index contributed by atoms with van der Waals surface area (Å²) in [5.41, 5.74) is 0.855. The highest BCUT2D eigenvalue weighted by atomic mass is 35.5. The largest absolute Gasteiger partial charge is 0.464 e. The van der Waals surface area contributed by atoms with E-state index in [2.05, 4.69) is 4.99 Å². The van der Waals surface area contributed by atoms with Crippen molar-refractivity contribution in [2.75, 3.05) is 6.61 Å². The number of thiazole rings is 1. The van der Waals surface area contributed by atoms with Gasteiger partial charge in [0, 0.05) is 0 Å². The van der Waals surface area contributed by atoms with Gasteiger partial charge in [0.2, 0.25) is 0 Å². The number of hydrogen-bond acceptors (Lipinski definition) is 5. The van der Waals surface area contributed by atoms with Gasteiger partial charge in [-0.25, -0.2) is 4.79 Å². The first-order valence-electron chi connectivity index (χ1n) is 8.16. The molecule has 0 saturated heterocycles. The van der Waals surface area contributed by atoms with Crippen LogP contribution in [-0.2, 0) is 9.53 Å². The number of thiophene rings is 1. The van der Waals surface area contributed by atoms with Crippen LogP contribution in [-0.4, -0.2) is 23.1 Å². The highest BCUT2D eigenvalue weighted by Gasteiger charge is 2.24. The molecule has 0 aliphatic heterocycles. The molecule has 0 aliphatic rings. The second kappa shape index (κ2) is 8.16. The fraction of sp³-hybridized carbons (Fsp3) is 0.278. The van der Waals surface area contributed by atoms with Crippen LogP contribution in [0.5, 0.6) is 0 Å². The Labute approximate surface area is 163 Å². The number of aromatic nitrogens is 1. The molecule has 0 fully saturated rings. The van der Waals surface area contributed by atoms with Gasteiger partial charge in [-0.1, -0.05) is 42.0 Å². The van der Waals surface area contributed by atoms with Crippen molar-refractivity contribution in [1.29, 1.82) is 0 Å². The van der Waals surface area contributed by atoms with Crippen molar-refractivity contribution in [2.24, 2.45) is 4.99 Å². The second-order valence-corrected chi connectivity index (χ2v) is 8.14. The molecule has 5 nitrogen and oxygen atoms in total. The zero-order valence-electron chi connectivity index (χ0n) is 14.3. The fourth-order valence-corrected chi connectivity index (χ4v) is 4.63. The van der Waals surface area contributed by atoms with Crippen LogP contribution in [0.3, 0.4) is 0 Å². The van der Waals surface area contributed by atoms with Gasteiger partial charge in [-0.15, -0.1) is 11.3 Å². The van der Waals surface area contributed by atoms with Crippen LogP contribution in [0.15, 0.2) is 41.4 Å². The molecule has 2 aromatic heterocycles. The van der Waals surface area contributed by atoms with Gasteiger partial charge in [0.05, 0.1) is 26.0 Å². The Hall–Kier alpha value is -1.96. The van der Waals surface area contributed by atoms with E-state index in [0.717, 1.165) is 10.2 Å². The van der Waals surface area contributed by atoms with E-state index in [1.54, 1.807) is 23.6 Å². The Kier molecular flexibility index (Phi) is 5.90. The molecule has 1 unspecified atom stereocenters. The molecule has 8 heteroatoms. The summed E-state index contributed by atoms with van der Waals surface area (Å²) in [6.45, 7) is 3.99. The average molecular weight is 409 g/mol. The maximum absolute atomic E-state index is 12.5. The molecule has 0 bridgehead atoms. The molecule has 0 saturated carbocycles. The van der Waals surface area contributed by atoms with Gasteiger partial charge in [-0.05, 0) is 37.6 Å². The molecule has 3 rings (SSSR count). The quantitative estimate of drug-likeness (QED) is 0.576. The van der Waals surface area contributed by atoms with Crippen molar-refractivity contribution in [2.45, 2.75) is 26.3 Å². The molecule has 136 valence electrons. The van der Waals surface area contributed by atoms with Crippen molar-refractivity contribution in [1.82, 2.24) is 4.57 Å². The van der Waals surface area contributed by atoms with E-state index in [1.165, 1.54) is 22.7 Å². The van der Waals surface area contributed by atoms with Crippen LogP contribution in [0.4, 0.5) is 0 Å². The summed E-state index contributed by atoms with van der Waals surface area (Å²) in [4.78, 5) is 30.2. The molecule has 0 spiro atoms.